The molecule has 104 valence electrons. The lowest BCUT2D eigenvalue weighted by Gasteiger charge is -2.19. The third-order valence-corrected chi connectivity index (χ3v) is 2.86. The molecule has 0 unspecified atom stereocenters. The van der Waals surface area contributed by atoms with Crippen LogP contribution in [0.15, 0.2) is 22.7 Å². The van der Waals surface area contributed by atoms with Gasteiger partial charge in [0.15, 0.2) is 0 Å². The summed E-state index contributed by atoms with van der Waals surface area (Å²) < 4.78 is 18.5. The second-order valence-electron chi connectivity index (χ2n) is 3.78. The van der Waals surface area contributed by atoms with E-state index in [1.807, 2.05) is 0 Å². The molecule has 0 heterocycles. The second kappa shape index (κ2) is 7.23. The lowest BCUT2D eigenvalue weighted by molar-refractivity contribution is -0.143. The zero-order valence-electron chi connectivity index (χ0n) is 10.8. The van der Waals surface area contributed by atoms with Gasteiger partial charge < -0.3 is 9.64 Å². The third-order valence-electron chi connectivity index (χ3n) is 2.40. The molecule has 0 aliphatic carbocycles. The number of hydrogen-bond acceptors (Lipinski definition) is 3. The Balaban J connectivity index is 2.86. The van der Waals surface area contributed by atoms with Crippen molar-refractivity contribution in [1.82, 2.24) is 4.90 Å². The van der Waals surface area contributed by atoms with Crippen LogP contribution >= 0.6 is 15.9 Å². The Morgan fingerprint density at radius 1 is 1.32 bits per heavy atom. The highest BCUT2D eigenvalue weighted by Gasteiger charge is 2.18. The quantitative estimate of drug-likeness (QED) is 0.779. The molecule has 1 aromatic rings. The summed E-state index contributed by atoms with van der Waals surface area (Å²) >= 11 is 3.13. The summed E-state index contributed by atoms with van der Waals surface area (Å²) in [5, 5.41) is 0. The van der Waals surface area contributed by atoms with E-state index in [9.17, 15) is 14.0 Å². The van der Waals surface area contributed by atoms with Crippen molar-refractivity contribution in [2.24, 2.45) is 0 Å². The third kappa shape index (κ3) is 4.63. The van der Waals surface area contributed by atoms with Gasteiger partial charge in [0.1, 0.15) is 12.4 Å². The lowest BCUT2D eigenvalue weighted by atomic mass is 10.2. The molecular formula is C13H15BrFNO3. The summed E-state index contributed by atoms with van der Waals surface area (Å²) in [5.41, 5.74) is 0.193. The molecular weight excluding hydrogens is 317 g/mol. The Labute approximate surface area is 119 Å². The van der Waals surface area contributed by atoms with E-state index >= 15 is 0 Å². The van der Waals surface area contributed by atoms with Gasteiger partial charge in [-0.3, -0.25) is 9.59 Å². The molecule has 0 aliphatic heterocycles. The average Bonchev–Trinajstić information content (AvgIpc) is 2.34. The monoisotopic (exact) mass is 331 g/mol. The number of likely N-dealkylation sites (N-methyl/N-ethyl adjacent to an activating group) is 1. The first-order valence-electron chi connectivity index (χ1n) is 5.88. The average molecular weight is 332 g/mol. The fourth-order valence-corrected chi connectivity index (χ4v) is 2.01. The van der Waals surface area contributed by atoms with Gasteiger partial charge in [-0.1, -0.05) is 15.9 Å². The highest BCUT2D eigenvalue weighted by atomic mass is 79.9. The van der Waals surface area contributed by atoms with Gasteiger partial charge in [-0.2, -0.15) is 0 Å². The Morgan fingerprint density at radius 2 is 2.00 bits per heavy atom. The van der Waals surface area contributed by atoms with Crippen LogP contribution in [0.1, 0.15) is 24.2 Å². The molecule has 0 saturated carbocycles. The number of ether oxygens (including phenoxy) is 1. The molecule has 0 saturated heterocycles. The molecule has 0 fully saturated rings. The molecule has 1 amide bonds. The van der Waals surface area contributed by atoms with E-state index in [-0.39, 0.29) is 18.7 Å². The Morgan fingerprint density at radius 3 is 2.53 bits per heavy atom. The Hall–Kier alpha value is -1.43. The van der Waals surface area contributed by atoms with Gasteiger partial charge in [-0.05, 0) is 32.0 Å². The molecule has 0 bridgehead atoms. The van der Waals surface area contributed by atoms with E-state index in [1.165, 1.54) is 17.0 Å². The number of hydrogen-bond donors (Lipinski definition) is 0. The summed E-state index contributed by atoms with van der Waals surface area (Å²) in [6.07, 6.45) is 0. The highest BCUT2D eigenvalue weighted by molar-refractivity contribution is 9.10. The molecule has 0 aromatic heterocycles. The first-order chi connectivity index (χ1) is 8.97. The number of nitrogens with zero attached hydrogens (tertiary/aromatic N) is 1. The van der Waals surface area contributed by atoms with E-state index in [0.29, 0.717) is 11.0 Å². The number of esters is 1. The van der Waals surface area contributed by atoms with Crippen LogP contribution < -0.4 is 0 Å². The molecule has 19 heavy (non-hydrogen) atoms. The van der Waals surface area contributed by atoms with Crippen LogP contribution in [-0.4, -0.2) is 36.5 Å². The molecule has 6 heteroatoms. The Bertz CT molecular complexity index is 459. The molecule has 1 aromatic carbocycles. The van der Waals surface area contributed by atoms with Gasteiger partial charge in [-0.15, -0.1) is 0 Å². The fourth-order valence-electron chi connectivity index (χ4n) is 1.55. The first kappa shape index (κ1) is 15.6. The highest BCUT2D eigenvalue weighted by Crippen LogP contribution is 2.16. The summed E-state index contributed by atoms with van der Waals surface area (Å²) in [6.45, 7) is 3.89. The summed E-state index contributed by atoms with van der Waals surface area (Å²) in [6, 6.07) is 3.92. The maximum absolute atomic E-state index is 13.2. The number of halogens is 2. The van der Waals surface area contributed by atoms with Crippen molar-refractivity contribution < 1.29 is 18.7 Å². The van der Waals surface area contributed by atoms with Crippen molar-refractivity contribution >= 4 is 27.8 Å². The molecule has 0 aliphatic rings. The van der Waals surface area contributed by atoms with Crippen LogP contribution in [0.3, 0.4) is 0 Å². The number of carbonyl (C=O) groups excluding carboxylic acids is 2. The van der Waals surface area contributed by atoms with Crippen LogP contribution in [-0.2, 0) is 9.53 Å². The maximum atomic E-state index is 13.2. The normalized spacial score (nSPS) is 10.1. The van der Waals surface area contributed by atoms with E-state index in [0.717, 1.165) is 6.07 Å². The topological polar surface area (TPSA) is 46.6 Å². The first-order valence-corrected chi connectivity index (χ1v) is 6.68. The summed E-state index contributed by atoms with van der Waals surface area (Å²) in [7, 11) is 0. The number of benzene rings is 1. The van der Waals surface area contributed by atoms with Crippen molar-refractivity contribution in [3.8, 4) is 0 Å². The molecule has 0 atom stereocenters. The number of amides is 1. The predicted octanol–water partition coefficient (Wildman–Crippen LogP) is 2.61. The minimum absolute atomic E-state index is 0.142. The molecule has 1 rings (SSSR count). The zero-order chi connectivity index (χ0) is 14.4. The van der Waals surface area contributed by atoms with Crippen LogP contribution in [0.2, 0.25) is 0 Å². The number of carbonyl (C=O) groups is 2. The minimum Gasteiger partial charge on any atom is -0.465 e. The molecule has 4 nitrogen and oxygen atoms in total. The zero-order valence-corrected chi connectivity index (χ0v) is 12.4. The van der Waals surface area contributed by atoms with E-state index in [2.05, 4.69) is 15.9 Å². The van der Waals surface area contributed by atoms with Gasteiger partial charge in [0.05, 0.1) is 6.61 Å². The number of rotatable bonds is 5. The van der Waals surface area contributed by atoms with Crippen molar-refractivity contribution in [3.63, 3.8) is 0 Å². The van der Waals surface area contributed by atoms with Crippen LogP contribution in [0, 0.1) is 5.82 Å². The smallest absolute Gasteiger partial charge is 0.325 e. The van der Waals surface area contributed by atoms with Crippen molar-refractivity contribution in [1.29, 1.82) is 0 Å². The minimum atomic E-state index is -0.509. The van der Waals surface area contributed by atoms with Gasteiger partial charge in [0.25, 0.3) is 5.91 Å². The van der Waals surface area contributed by atoms with Gasteiger partial charge in [0, 0.05) is 16.6 Å². The maximum Gasteiger partial charge on any atom is 0.325 e. The molecule has 0 radical (unpaired) electrons. The lowest BCUT2D eigenvalue weighted by Crippen LogP contribution is -2.36. The van der Waals surface area contributed by atoms with Crippen molar-refractivity contribution in [2.45, 2.75) is 13.8 Å². The SMILES string of the molecule is CCOC(=O)CN(CC)C(=O)c1cc(F)cc(Br)c1. The van der Waals surface area contributed by atoms with Crippen molar-refractivity contribution in [3.05, 3.63) is 34.1 Å². The van der Waals surface area contributed by atoms with Crippen LogP contribution in [0.5, 0.6) is 0 Å². The van der Waals surface area contributed by atoms with Crippen LogP contribution in [0.4, 0.5) is 4.39 Å². The van der Waals surface area contributed by atoms with Gasteiger partial charge in [-0.25, -0.2) is 4.39 Å². The van der Waals surface area contributed by atoms with E-state index < -0.39 is 17.7 Å². The second-order valence-corrected chi connectivity index (χ2v) is 4.70. The van der Waals surface area contributed by atoms with Crippen molar-refractivity contribution in [2.75, 3.05) is 19.7 Å². The molecule has 0 N–H and O–H groups in total. The van der Waals surface area contributed by atoms with E-state index in [4.69, 9.17) is 4.74 Å². The Kier molecular flexibility index (Phi) is 5.95. The fraction of sp³-hybridized carbons (Fsp3) is 0.385. The standard InChI is InChI=1S/C13H15BrFNO3/c1-3-16(8-12(17)19-4-2)13(18)9-5-10(14)7-11(15)6-9/h5-7H,3-4,8H2,1-2H3. The summed E-state index contributed by atoms with van der Waals surface area (Å²) in [5.74, 6) is -1.39. The predicted molar refractivity (Wildman–Crippen MR) is 72.3 cm³/mol. The van der Waals surface area contributed by atoms with Crippen LogP contribution in [0.25, 0.3) is 0 Å². The summed E-state index contributed by atoms with van der Waals surface area (Å²) in [4.78, 5) is 24.8. The largest absolute Gasteiger partial charge is 0.465 e. The van der Waals surface area contributed by atoms with E-state index in [1.54, 1.807) is 13.8 Å². The van der Waals surface area contributed by atoms with Gasteiger partial charge >= 0.3 is 5.97 Å². The van der Waals surface area contributed by atoms with Gasteiger partial charge in [0.2, 0.25) is 0 Å². The molecule has 0 spiro atoms.